The topological polar surface area (TPSA) is 92.2 Å². The van der Waals surface area contributed by atoms with Crippen LogP contribution in [0.5, 0.6) is 6.01 Å². The summed E-state index contributed by atoms with van der Waals surface area (Å²) in [5, 5.41) is 14.9. The molecule has 0 radical (unpaired) electrons. The first-order valence-electron chi connectivity index (χ1n) is 5.53. The average molecular weight is 241 g/mol. The molecule has 0 saturated heterocycles. The van der Waals surface area contributed by atoms with E-state index >= 15 is 0 Å². The van der Waals surface area contributed by atoms with Gasteiger partial charge in [-0.25, -0.2) is 0 Å². The molecule has 0 fully saturated rings. The van der Waals surface area contributed by atoms with Crippen molar-refractivity contribution in [2.24, 2.45) is 0 Å². The third kappa shape index (κ3) is 4.81. The number of hydrogen-bond donors (Lipinski definition) is 3. The first-order chi connectivity index (χ1) is 8.01. The Morgan fingerprint density at radius 1 is 1.18 bits per heavy atom. The lowest BCUT2D eigenvalue weighted by molar-refractivity contribution is 0.207. The van der Waals surface area contributed by atoms with Crippen molar-refractivity contribution in [1.29, 1.82) is 0 Å². The van der Waals surface area contributed by atoms with Crippen LogP contribution in [0.4, 0.5) is 11.9 Å². The Bertz CT molecular complexity index is 357. The summed E-state index contributed by atoms with van der Waals surface area (Å²) in [7, 11) is 1.72. The van der Waals surface area contributed by atoms with Crippen molar-refractivity contribution >= 4 is 11.9 Å². The van der Waals surface area contributed by atoms with Gasteiger partial charge < -0.3 is 20.5 Å². The summed E-state index contributed by atoms with van der Waals surface area (Å²) >= 11 is 0. The van der Waals surface area contributed by atoms with Gasteiger partial charge in [0.15, 0.2) is 0 Å². The van der Waals surface area contributed by atoms with Crippen molar-refractivity contribution in [2.45, 2.75) is 33.0 Å². The molecule has 1 rings (SSSR count). The second-order valence-corrected chi connectivity index (χ2v) is 3.91. The molecule has 1 aromatic heterocycles. The fourth-order valence-electron chi connectivity index (χ4n) is 1.05. The van der Waals surface area contributed by atoms with E-state index in [0.717, 1.165) is 0 Å². The maximum Gasteiger partial charge on any atom is 0.323 e. The highest BCUT2D eigenvalue weighted by molar-refractivity contribution is 5.35. The van der Waals surface area contributed by atoms with E-state index in [1.54, 1.807) is 14.0 Å². The largest absolute Gasteiger partial charge is 0.461 e. The zero-order chi connectivity index (χ0) is 12.8. The highest BCUT2D eigenvalue weighted by Gasteiger charge is 2.08. The van der Waals surface area contributed by atoms with Gasteiger partial charge in [0.1, 0.15) is 0 Å². The summed E-state index contributed by atoms with van der Waals surface area (Å²) in [5.41, 5.74) is 0. The SMILES string of the molecule is CNc1nc(NCC(C)O)nc(OC(C)C)n1. The second-order valence-electron chi connectivity index (χ2n) is 3.91. The van der Waals surface area contributed by atoms with Crippen molar-refractivity contribution in [1.82, 2.24) is 15.0 Å². The van der Waals surface area contributed by atoms with Crippen LogP contribution in [0, 0.1) is 0 Å². The summed E-state index contributed by atoms with van der Waals surface area (Å²) in [5.74, 6) is 0.796. The number of anilines is 2. The van der Waals surface area contributed by atoms with Crippen molar-refractivity contribution in [3.63, 3.8) is 0 Å². The zero-order valence-corrected chi connectivity index (χ0v) is 10.6. The van der Waals surface area contributed by atoms with Gasteiger partial charge in [0.2, 0.25) is 11.9 Å². The van der Waals surface area contributed by atoms with Crippen molar-refractivity contribution in [2.75, 3.05) is 24.2 Å². The smallest absolute Gasteiger partial charge is 0.323 e. The van der Waals surface area contributed by atoms with Crippen LogP contribution in [0.2, 0.25) is 0 Å². The number of rotatable bonds is 6. The number of nitrogens with zero attached hydrogens (tertiary/aromatic N) is 3. The predicted octanol–water partition coefficient (Wildman–Crippen LogP) is 0.493. The molecule has 3 N–H and O–H groups in total. The van der Waals surface area contributed by atoms with Gasteiger partial charge in [-0.3, -0.25) is 0 Å². The van der Waals surface area contributed by atoms with E-state index in [1.807, 2.05) is 13.8 Å². The van der Waals surface area contributed by atoms with E-state index in [0.29, 0.717) is 18.4 Å². The van der Waals surface area contributed by atoms with Crippen LogP contribution in [0.25, 0.3) is 0 Å². The molecule has 0 aliphatic heterocycles. The lowest BCUT2D eigenvalue weighted by atomic mass is 10.4. The summed E-state index contributed by atoms with van der Waals surface area (Å²) < 4.78 is 5.40. The molecular formula is C10H19N5O2. The molecule has 0 saturated carbocycles. The number of hydrogen-bond acceptors (Lipinski definition) is 7. The Morgan fingerprint density at radius 3 is 2.35 bits per heavy atom. The van der Waals surface area contributed by atoms with Gasteiger partial charge in [0, 0.05) is 13.6 Å². The maximum absolute atomic E-state index is 9.17. The molecule has 1 aromatic rings. The van der Waals surface area contributed by atoms with Crippen LogP contribution < -0.4 is 15.4 Å². The van der Waals surface area contributed by atoms with Crippen LogP contribution in [-0.2, 0) is 0 Å². The van der Waals surface area contributed by atoms with Gasteiger partial charge in [-0.1, -0.05) is 0 Å². The first kappa shape index (κ1) is 13.4. The van der Waals surface area contributed by atoms with E-state index in [9.17, 15) is 5.11 Å². The summed E-state index contributed by atoms with van der Waals surface area (Å²) in [4.78, 5) is 12.2. The van der Waals surface area contributed by atoms with Gasteiger partial charge >= 0.3 is 6.01 Å². The molecule has 0 aliphatic carbocycles. The minimum atomic E-state index is -0.473. The van der Waals surface area contributed by atoms with Crippen LogP contribution in [-0.4, -0.2) is 45.9 Å². The molecule has 0 bridgehead atoms. The molecule has 96 valence electrons. The molecule has 0 spiro atoms. The molecule has 7 nitrogen and oxygen atoms in total. The lowest BCUT2D eigenvalue weighted by Gasteiger charge is -2.11. The minimum Gasteiger partial charge on any atom is -0.461 e. The van der Waals surface area contributed by atoms with Gasteiger partial charge in [0.05, 0.1) is 12.2 Å². The Hall–Kier alpha value is -1.63. The zero-order valence-electron chi connectivity index (χ0n) is 10.6. The molecule has 1 heterocycles. The van der Waals surface area contributed by atoms with Gasteiger partial charge in [-0.05, 0) is 20.8 Å². The van der Waals surface area contributed by atoms with Crippen LogP contribution >= 0.6 is 0 Å². The van der Waals surface area contributed by atoms with Crippen LogP contribution in [0.1, 0.15) is 20.8 Å². The van der Waals surface area contributed by atoms with E-state index in [-0.39, 0.29) is 12.1 Å². The third-order valence-electron chi connectivity index (χ3n) is 1.74. The Morgan fingerprint density at radius 2 is 1.82 bits per heavy atom. The Labute approximate surface area is 101 Å². The number of aromatic nitrogens is 3. The highest BCUT2D eigenvalue weighted by atomic mass is 16.5. The average Bonchev–Trinajstić information content (AvgIpc) is 2.25. The van der Waals surface area contributed by atoms with E-state index in [4.69, 9.17) is 4.74 Å². The normalized spacial score (nSPS) is 12.4. The number of ether oxygens (including phenoxy) is 1. The molecule has 7 heteroatoms. The first-order valence-corrected chi connectivity index (χ1v) is 5.53. The monoisotopic (exact) mass is 241 g/mol. The van der Waals surface area contributed by atoms with E-state index < -0.39 is 6.10 Å². The number of aliphatic hydroxyl groups excluding tert-OH is 1. The minimum absolute atomic E-state index is 0.00767. The van der Waals surface area contributed by atoms with Gasteiger partial charge in [-0.2, -0.15) is 15.0 Å². The maximum atomic E-state index is 9.17. The number of aliphatic hydroxyl groups is 1. The standard InChI is InChI=1S/C10H19N5O2/c1-6(2)17-10-14-8(11-4)13-9(15-10)12-5-7(3)16/h6-7,16H,5H2,1-4H3,(H2,11,12,13,14,15). The van der Waals surface area contributed by atoms with Gasteiger partial charge in [-0.15, -0.1) is 0 Å². The quantitative estimate of drug-likeness (QED) is 0.667. The molecule has 0 amide bonds. The highest BCUT2D eigenvalue weighted by Crippen LogP contribution is 2.11. The molecule has 0 aromatic carbocycles. The molecule has 17 heavy (non-hydrogen) atoms. The molecular weight excluding hydrogens is 222 g/mol. The summed E-state index contributed by atoms with van der Waals surface area (Å²) in [6, 6.07) is 0.257. The Kier molecular flexibility index (Phi) is 4.89. The van der Waals surface area contributed by atoms with Crippen LogP contribution in [0.3, 0.4) is 0 Å². The Balaban J connectivity index is 2.81. The molecule has 0 aliphatic rings. The molecule has 1 unspecified atom stereocenters. The van der Waals surface area contributed by atoms with Crippen molar-refractivity contribution in [3.05, 3.63) is 0 Å². The fourth-order valence-corrected chi connectivity index (χ4v) is 1.05. The summed E-state index contributed by atoms with van der Waals surface area (Å²) in [6.45, 7) is 5.84. The fraction of sp³-hybridized carbons (Fsp3) is 0.700. The number of nitrogens with one attached hydrogen (secondary N) is 2. The third-order valence-corrected chi connectivity index (χ3v) is 1.74. The molecule has 1 atom stereocenters. The van der Waals surface area contributed by atoms with E-state index in [1.165, 1.54) is 0 Å². The van der Waals surface area contributed by atoms with Crippen molar-refractivity contribution < 1.29 is 9.84 Å². The van der Waals surface area contributed by atoms with Crippen LogP contribution in [0.15, 0.2) is 0 Å². The summed E-state index contributed by atoms with van der Waals surface area (Å²) in [6.07, 6.45) is -0.481. The predicted molar refractivity (Wildman–Crippen MR) is 65.3 cm³/mol. The van der Waals surface area contributed by atoms with Gasteiger partial charge in [0.25, 0.3) is 0 Å². The van der Waals surface area contributed by atoms with E-state index in [2.05, 4.69) is 25.6 Å². The van der Waals surface area contributed by atoms with Crippen molar-refractivity contribution in [3.8, 4) is 6.01 Å². The lowest BCUT2D eigenvalue weighted by Crippen LogP contribution is -2.18. The second kappa shape index (κ2) is 6.19.